The van der Waals surface area contributed by atoms with Crippen molar-refractivity contribution in [3.05, 3.63) is 60.4 Å². The predicted octanol–water partition coefficient (Wildman–Crippen LogP) is 3.91. The second-order valence-corrected chi connectivity index (χ2v) is 3.89. The molecule has 0 bridgehead atoms. The van der Waals surface area contributed by atoms with Gasteiger partial charge < -0.3 is 4.42 Å². The van der Waals surface area contributed by atoms with Gasteiger partial charge in [-0.3, -0.25) is 4.79 Å². The van der Waals surface area contributed by atoms with Crippen LogP contribution >= 0.6 is 0 Å². The average molecular weight is 222 g/mol. The predicted molar refractivity (Wildman–Crippen MR) is 67.0 cm³/mol. The Morgan fingerprint density at radius 3 is 2.59 bits per heavy atom. The zero-order valence-corrected chi connectivity index (χ0v) is 9.09. The summed E-state index contributed by atoms with van der Waals surface area (Å²) in [6.07, 6.45) is 2.58. The molecule has 0 saturated carbocycles. The fraction of sp³-hybridized carbons (Fsp3) is 0. The maximum atomic E-state index is 10.8. The molecule has 0 unspecified atom stereocenters. The molecule has 0 fully saturated rings. The van der Waals surface area contributed by atoms with Crippen molar-refractivity contribution in [3.63, 3.8) is 0 Å². The molecule has 82 valence electrons. The molecule has 17 heavy (non-hydrogen) atoms. The van der Waals surface area contributed by atoms with Crippen LogP contribution in [0.1, 0.15) is 10.4 Å². The number of aldehydes is 1. The van der Waals surface area contributed by atoms with E-state index in [9.17, 15) is 4.79 Å². The second-order valence-electron chi connectivity index (χ2n) is 3.89. The van der Waals surface area contributed by atoms with Crippen molar-refractivity contribution in [2.75, 3.05) is 0 Å². The van der Waals surface area contributed by atoms with Gasteiger partial charge in [-0.2, -0.15) is 0 Å². The van der Waals surface area contributed by atoms with Crippen LogP contribution in [0.25, 0.3) is 22.1 Å². The standard InChI is InChI=1S/C15H10O2/c16-9-11-6-7-15-13(8-11)14(10-17-15)12-4-2-1-3-5-12/h1-10H. The van der Waals surface area contributed by atoms with Gasteiger partial charge in [0, 0.05) is 16.5 Å². The summed E-state index contributed by atoms with van der Waals surface area (Å²) in [4.78, 5) is 10.8. The monoisotopic (exact) mass is 222 g/mol. The largest absolute Gasteiger partial charge is 0.464 e. The van der Waals surface area contributed by atoms with E-state index in [1.54, 1.807) is 12.3 Å². The Kier molecular flexibility index (Phi) is 2.26. The Balaban J connectivity index is 2.27. The number of carbonyl (C=O) groups excluding carboxylic acids is 1. The molecule has 0 aliphatic carbocycles. The first-order valence-corrected chi connectivity index (χ1v) is 5.40. The third kappa shape index (κ3) is 1.64. The molecule has 0 radical (unpaired) electrons. The molecule has 1 aromatic heterocycles. The highest BCUT2D eigenvalue weighted by Gasteiger charge is 2.08. The highest BCUT2D eigenvalue weighted by Crippen LogP contribution is 2.30. The van der Waals surface area contributed by atoms with Crippen molar-refractivity contribution in [1.29, 1.82) is 0 Å². The number of hydrogen-bond acceptors (Lipinski definition) is 2. The Bertz CT molecular complexity index is 666. The van der Waals surface area contributed by atoms with Crippen LogP contribution in [0.5, 0.6) is 0 Å². The third-order valence-corrected chi connectivity index (χ3v) is 2.82. The molecule has 2 nitrogen and oxygen atoms in total. The summed E-state index contributed by atoms with van der Waals surface area (Å²) in [6.45, 7) is 0. The highest BCUT2D eigenvalue weighted by molar-refractivity contribution is 5.96. The zero-order valence-electron chi connectivity index (χ0n) is 9.09. The second kappa shape index (κ2) is 3.91. The maximum Gasteiger partial charge on any atom is 0.150 e. The van der Waals surface area contributed by atoms with Gasteiger partial charge in [0.05, 0.1) is 6.26 Å². The van der Waals surface area contributed by atoms with Gasteiger partial charge >= 0.3 is 0 Å². The number of rotatable bonds is 2. The molecule has 0 amide bonds. The van der Waals surface area contributed by atoms with Gasteiger partial charge in [-0.25, -0.2) is 0 Å². The molecule has 3 aromatic rings. The van der Waals surface area contributed by atoms with E-state index in [4.69, 9.17) is 4.42 Å². The van der Waals surface area contributed by atoms with E-state index in [2.05, 4.69) is 0 Å². The van der Waals surface area contributed by atoms with Crippen molar-refractivity contribution in [2.24, 2.45) is 0 Å². The van der Waals surface area contributed by atoms with Crippen LogP contribution in [-0.2, 0) is 0 Å². The van der Waals surface area contributed by atoms with Gasteiger partial charge in [-0.15, -0.1) is 0 Å². The number of carbonyl (C=O) groups is 1. The van der Waals surface area contributed by atoms with E-state index in [1.807, 2.05) is 42.5 Å². The lowest BCUT2D eigenvalue weighted by molar-refractivity contribution is 0.112. The normalized spacial score (nSPS) is 10.6. The molecule has 2 aromatic carbocycles. The smallest absolute Gasteiger partial charge is 0.150 e. The Labute approximate surface area is 98.5 Å². The van der Waals surface area contributed by atoms with E-state index in [-0.39, 0.29) is 0 Å². The zero-order chi connectivity index (χ0) is 11.7. The Morgan fingerprint density at radius 2 is 1.82 bits per heavy atom. The van der Waals surface area contributed by atoms with Gasteiger partial charge in [-0.1, -0.05) is 30.3 Å². The topological polar surface area (TPSA) is 30.2 Å². The van der Waals surface area contributed by atoms with E-state index < -0.39 is 0 Å². The van der Waals surface area contributed by atoms with Crippen molar-refractivity contribution >= 4 is 17.3 Å². The molecule has 0 saturated heterocycles. The van der Waals surface area contributed by atoms with Crippen LogP contribution in [0.3, 0.4) is 0 Å². The minimum atomic E-state index is 0.663. The van der Waals surface area contributed by atoms with E-state index >= 15 is 0 Å². The number of benzene rings is 2. The van der Waals surface area contributed by atoms with Gasteiger partial charge in [0.15, 0.2) is 0 Å². The van der Waals surface area contributed by atoms with Gasteiger partial charge in [0.2, 0.25) is 0 Å². The summed E-state index contributed by atoms with van der Waals surface area (Å²) < 4.78 is 5.49. The number of furan rings is 1. The Morgan fingerprint density at radius 1 is 1.00 bits per heavy atom. The first-order chi connectivity index (χ1) is 8.38. The fourth-order valence-corrected chi connectivity index (χ4v) is 1.96. The fourth-order valence-electron chi connectivity index (χ4n) is 1.96. The summed E-state index contributed by atoms with van der Waals surface area (Å²) in [5.74, 6) is 0. The first kappa shape index (κ1) is 9.85. The lowest BCUT2D eigenvalue weighted by Crippen LogP contribution is -1.79. The lowest BCUT2D eigenvalue weighted by atomic mass is 10.0. The molecule has 0 aliphatic heterocycles. The number of fused-ring (bicyclic) bond motifs is 1. The summed E-state index contributed by atoms with van der Waals surface area (Å²) >= 11 is 0. The van der Waals surface area contributed by atoms with Crippen LogP contribution in [0.4, 0.5) is 0 Å². The summed E-state index contributed by atoms with van der Waals surface area (Å²) in [5, 5.41) is 0.973. The number of hydrogen-bond donors (Lipinski definition) is 0. The van der Waals surface area contributed by atoms with E-state index in [0.717, 1.165) is 28.4 Å². The summed E-state index contributed by atoms with van der Waals surface area (Å²) in [6, 6.07) is 15.4. The van der Waals surface area contributed by atoms with Gasteiger partial charge in [0.1, 0.15) is 11.9 Å². The highest BCUT2D eigenvalue weighted by atomic mass is 16.3. The molecule has 0 N–H and O–H groups in total. The summed E-state index contributed by atoms with van der Waals surface area (Å²) in [7, 11) is 0. The third-order valence-electron chi connectivity index (χ3n) is 2.82. The van der Waals surface area contributed by atoms with Crippen molar-refractivity contribution in [1.82, 2.24) is 0 Å². The quantitative estimate of drug-likeness (QED) is 0.615. The average Bonchev–Trinajstić information content (AvgIpc) is 2.82. The molecule has 0 atom stereocenters. The van der Waals surface area contributed by atoms with Crippen molar-refractivity contribution in [3.8, 4) is 11.1 Å². The molecular weight excluding hydrogens is 212 g/mol. The van der Waals surface area contributed by atoms with E-state index in [0.29, 0.717) is 5.56 Å². The van der Waals surface area contributed by atoms with Crippen LogP contribution in [0, 0.1) is 0 Å². The van der Waals surface area contributed by atoms with Crippen LogP contribution in [0.2, 0.25) is 0 Å². The van der Waals surface area contributed by atoms with Gasteiger partial charge in [0.25, 0.3) is 0 Å². The van der Waals surface area contributed by atoms with Crippen LogP contribution in [-0.4, -0.2) is 6.29 Å². The van der Waals surface area contributed by atoms with E-state index in [1.165, 1.54) is 0 Å². The minimum absolute atomic E-state index is 0.663. The SMILES string of the molecule is O=Cc1ccc2occ(-c3ccccc3)c2c1. The minimum Gasteiger partial charge on any atom is -0.464 e. The molecule has 3 rings (SSSR count). The maximum absolute atomic E-state index is 10.8. The molecular formula is C15H10O2. The summed E-state index contributed by atoms with van der Waals surface area (Å²) in [5.41, 5.74) is 3.57. The van der Waals surface area contributed by atoms with Crippen molar-refractivity contribution in [2.45, 2.75) is 0 Å². The molecule has 0 spiro atoms. The van der Waals surface area contributed by atoms with Crippen LogP contribution in [0.15, 0.2) is 59.2 Å². The molecule has 2 heteroatoms. The molecule has 0 aliphatic rings. The lowest BCUT2D eigenvalue weighted by Gasteiger charge is -1.98. The first-order valence-electron chi connectivity index (χ1n) is 5.40. The van der Waals surface area contributed by atoms with Gasteiger partial charge in [-0.05, 0) is 23.8 Å². The van der Waals surface area contributed by atoms with Crippen LogP contribution < -0.4 is 0 Å². The van der Waals surface area contributed by atoms with Crippen molar-refractivity contribution < 1.29 is 9.21 Å². The molecule has 1 heterocycles. The Hall–Kier alpha value is -2.35.